The predicted octanol–water partition coefficient (Wildman–Crippen LogP) is 4.82. The van der Waals surface area contributed by atoms with Gasteiger partial charge in [0.2, 0.25) is 0 Å². The first-order chi connectivity index (χ1) is 8.69. The monoisotopic (exact) mass is 259 g/mol. The van der Waals surface area contributed by atoms with Crippen molar-refractivity contribution in [2.24, 2.45) is 0 Å². The molecule has 0 saturated heterocycles. The first-order valence-corrected chi connectivity index (χ1v) is 6.64. The van der Waals surface area contributed by atoms with Crippen LogP contribution in [-0.4, -0.2) is 0 Å². The summed E-state index contributed by atoms with van der Waals surface area (Å²) in [7, 11) is 0. The molecule has 1 nitrogen and oxygen atoms in total. The molecule has 0 amide bonds. The summed E-state index contributed by atoms with van der Waals surface area (Å²) in [6.45, 7) is 5.07. The van der Waals surface area contributed by atoms with Crippen molar-refractivity contribution in [1.82, 2.24) is 0 Å². The number of rotatable bonds is 4. The lowest BCUT2D eigenvalue weighted by molar-refractivity contribution is 1.10. The van der Waals surface area contributed by atoms with E-state index in [0.29, 0.717) is 0 Å². The summed E-state index contributed by atoms with van der Waals surface area (Å²) in [5.74, 6) is 0. The summed E-state index contributed by atoms with van der Waals surface area (Å²) < 4.78 is 0. The molecule has 0 atom stereocenters. The minimum absolute atomic E-state index is 0.783. The number of aryl methyl sites for hydroxylation is 2. The smallest absolute Gasteiger partial charge is 0.0410 e. The molecule has 1 N–H and O–H groups in total. The third-order valence-electron chi connectivity index (χ3n) is 3.10. The lowest BCUT2D eigenvalue weighted by atomic mass is 10.1. The van der Waals surface area contributed by atoms with Gasteiger partial charge in [0.05, 0.1) is 0 Å². The van der Waals surface area contributed by atoms with E-state index in [1.165, 1.54) is 16.7 Å². The van der Waals surface area contributed by atoms with Gasteiger partial charge in [-0.05, 0) is 48.2 Å². The highest BCUT2D eigenvalue weighted by Crippen LogP contribution is 2.20. The van der Waals surface area contributed by atoms with Gasteiger partial charge in [0.1, 0.15) is 0 Å². The quantitative estimate of drug-likeness (QED) is 0.830. The second kappa shape index (κ2) is 5.92. The van der Waals surface area contributed by atoms with Crippen molar-refractivity contribution in [2.75, 3.05) is 5.32 Å². The number of halogens is 1. The zero-order valence-electron chi connectivity index (χ0n) is 10.8. The van der Waals surface area contributed by atoms with Gasteiger partial charge in [-0.25, -0.2) is 0 Å². The molecule has 0 radical (unpaired) electrons. The molecular weight excluding hydrogens is 242 g/mol. The van der Waals surface area contributed by atoms with Crippen LogP contribution < -0.4 is 5.32 Å². The van der Waals surface area contributed by atoms with E-state index >= 15 is 0 Å². The second-order valence-electron chi connectivity index (χ2n) is 4.48. The minimum atomic E-state index is 0.783. The summed E-state index contributed by atoms with van der Waals surface area (Å²) in [4.78, 5) is 0. The number of anilines is 1. The fraction of sp³-hybridized carbons (Fsp3) is 0.250. The van der Waals surface area contributed by atoms with Gasteiger partial charge in [-0.2, -0.15) is 0 Å². The van der Waals surface area contributed by atoms with Crippen molar-refractivity contribution in [3.63, 3.8) is 0 Å². The Morgan fingerprint density at radius 2 is 1.67 bits per heavy atom. The van der Waals surface area contributed by atoms with E-state index < -0.39 is 0 Å². The molecule has 2 rings (SSSR count). The molecule has 0 aliphatic carbocycles. The van der Waals surface area contributed by atoms with E-state index in [2.05, 4.69) is 43.4 Å². The first kappa shape index (κ1) is 13.0. The maximum Gasteiger partial charge on any atom is 0.0410 e. The molecule has 0 unspecified atom stereocenters. The van der Waals surface area contributed by atoms with Crippen LogP contribution in [0.5, 0.6) is 0 Å². The van der Waals surface area contributed by atoms with Crippen LogP contribution in [0.2, 0.25) is 5.02 Å². The van der Waals surface area contributed by atoms with Crippen LogP contribution in [0.3, 0.4) is 0 Å². The van der Waals surface area contributed by atoms with Crippen LogP contribution >= 0.6 is 11.6 Å². The average Bonchev–Trinajstić information content (AvgIpc) is 2.38. The normalized spacial score (nSPS) is 10.4. The SMILES string of the molecule is CCc1ccc(CNc2ccc(Cl)cc2C)cc1. The molecule has 0 aliphatic rings. The fourth-order valence-corrected chi connectivity index (χ4v) is 2.14. The summed E-state index contributed by atoms with van der Waals surface area (Å²) >= 11 is 5.94. The molecule has 2 aromatic rings. The van der Waals surface area contributed by atoms with Crippen LogP contribution in [-0.2, 0) is 13.0 Å². The fourth-order valence-electron chi connectivity index (χ4n) is 1.92. The highest BCUT2D eigenvalue weighted by molar-refractivity contribution is 6.30. The van der Waals surface area contributed by atoms with E-state index in [9.17, 15) is 0 Å². The molecule has 0 heterocycles. The molecule has 0 spiro atoms. The van der Waals surface area contributed by atoms with Gasteiger partial charge in [0.25, 0.3) is 0 Å². The van der Waals surface area contributed by atoms with E-state index in [1.807, 2.05) is 18.2 Å². The predicted molar refractivity (Wildman–Crippen MR) is 79.3 cm³/mol. The van der Waals surface area contributed by atoms with Crippen molar-refractivity contribution >= 4 is 17.3 Å². The summed E-state index contributed by atoms with van der Waals surface area (Å²) in [5.41, 5.74) is 4.98. The van der Waals surface area contributed by atoms with E-state index in [4.69, 9.17) is 11.6 Å². The number of benzene rings is 2. The topological polar surface area (TPSA) is 12.0 Å². The number of hydrogen-bond donors (Lipinski definition) is 1. The number of nitrogens with one attached hydrogen (secondary N) is 1. The molecule has 18 heavy (non-hydrogen) atoms. The molecule has 0 aromatic heterocycles. The van der Waals surface area contributed by atoms with Crippen LogP contribution in [0.4, 0.5) is 5.69 Å². The maximum absolute atomic E-state index is 5.94. The zero-order valence-corrected chi connectivity index (χ0v) is 11.6. The van der Waals surface area contributed by atoms with Crippen molar-refractivity contribution < 1.29 is 0 Å². The zero-order chi connectivity index (χ0) is 13.0. The van der Waals surface area contributed by atoms with Crippen molar-refractivity contribution in [3.8, 4) is 0 Å². The van der Waals surface area contributed by atoms with Crippen LogP contribution in [0, 0.1) is 6.92 Å². The van der Waals surface area contributed by atoms with Gasteiger partial charge in [-0.3, -0.25) is 0 Å². The largest absolute Gasteiger partial charge is 0.381 e. The lowest BCUT2D eigenvalue weighted by Crippen LogP contribution is -2.01. The molecule has 0 aliphatic heterocycles. The molecule has 94 valence electrons. The minimum Gasteiger partial charge on any atom is -0.381 e. The Morgan fingerprint density at radius 3 is 2.28 bits per heavy atom. The van der Waals surface area contributed by atoms with Crippen molar-refractivity contribution in [3.05, 3.63) is 64.2 Å². The van der Waals surface area contributed by atoms with Crippen molar-refractivity contribution in [2.45, 2.75) is 26.8 Å². The van der Waals surface area contributed by atoms with Gasteiger partial charge in [0, 0.05) is 17.3 Å². The Labute approximate surface area is 114 Å². The third kappa shape index (κ3) is 3.27. The third-order valence-corrected chi connectivity index (χ3v) is 3.34. The standard InChI is InChI=1S/C16H18ClN/c1-3-13-4-6-14(7-5-13)11-18-16-9-8-15(17)10-12(16)2/h4-10,18H,3,11H2,1-2H3. The molecule has 0 fully saturated rings. The van der Waals surface area contributed by atoms with Gasteiger partial charge >= 0.3 is 0 Å². The molecular formula is C16H18ClN. The van der Waals surface area contributed by atoms with Gasteiger partial charge in [-0.15, -0.1) is 0 Å². The van der Waals surface area contributed by atoms with Crippen LogP contribution in [0.25, 0.3) is 0 Å². The van der Waals surface area contributed by atoms with Crippen molar-refractivity contribution in [1.29, 1.82) is 0 Å². The van der Waals surface area contributed by atoms with E-state index in [1.54, 1.807) is 0 Å². The molecule has 2 heteroatoms. The Morgan fingerprint density at radius 1 is 1.00 bits per heavy atom. The average molecular weight is 260 g/mol. The van der Waals surface area contributed by atoms with E-state index in [0.717, 1.165) is 23.7 Å². The molecule has 0 saturated carbocycles. The highest BCUT2D eigenvalue weighted by Gasteiger charge is 1.99. The van der Waals surface area contributed by atoms with Gasteiger partial charge in [0.15, 0.2) is 0 Å². The highest BCUT2D eigenvalue weighted by atomic mass is 35.5. The Kier molecular flexibility index (Phi) is 4.27. The second-order valence-corrected chi connectivity index (χ2v) is 4.92. The first-order valence-electron chi connectivity index (χ1n) is 6.27. The lowest BCUT2D eigenvalue weighted by Gasteiger charge is -2.10. The molecule has 2 aromatic carbocycles. The van der Waals surface area contributed by atoms with Crippen LogP contribution in [0.15, 0.2) is 42.5 Å². The summed E-state index contributed by atoms with van der Waals surface area (Å²) in [6, 6.07) is 14.6. The maximum atomic E-state index is 5.94. The Bertz CT molecular complexity index is 517. The van der Waals surface area contributed by atoms with Gasteiger partial charge in [-0.1, -0.05) is 42.8 Å². The Balaban J connectivity index is 2.02. The Hall–Kier alpha value is -1.47. The van der Waals surface area contributed by atoms with E-state index in [-0.39, 0.29) is 0 Å². The molecule has 0 bridgehead atoms. The number of hydrogen-bond acceptors (Lipinski definition) is 1. The summed E-state index contributed by atoms with van der Waals surface area (Å²) in [6.07, 6.45) is 1.09. The summed E-state index contributed by atoms with van der Waals surface area (Å²) in [5, 5.41) is 4.22. The van der Waals surface area contributed by atoms with Crippen LogP contribution in [0.1, 0.15) is 23.6 Å². The van der Waals surface area contributed by atoms with Gasteiger partial charge < -0.3 is 5.32 Å².